The van der Waals surface area contributed by atoms with Gasteiger partial charge in [-0.15, -0.1) is 0 Å². The van der Waals surface area contributed by atoms with Crippen molar-refractivity contribution in [2.24, 2.45) is 5.92 Å². The van der Waals surface area contributed by atoms with Crippen molar-refractivity contribution in [2.75, 3.05) is 0 Å². The second-order valence-electron chi connectivity index (χ2n) is 4.62. The van der Waals surface area contributed by atoms with E-state index in [-0.39, 0.29) is 0 Å². The molecular formula is C18H42. The Morgan fingerprint density at radius 1 is 0.667 bits per heavy atom. The molecule has 1 saturated carbocycles. The molecule has 0 aromatic rings. The Morgan fingerprint density at radius 3 is 1.28 bits per heavy atom. The van der Waals surface area contributed by atoms with Crippen LogP contribution in [0.4, 0.5) is 0 Å². The maximum Gasteiger partial charge on any atom is -0.0417 e. The van der Waals surface area contributed by atoms with E-state index in [9.17, 15) is 0 Å². The molecule has 0 saturated heterocycles. The summed E-state index contributed by atoms with van der Waals surface area (Å²) in [6, 6.07) is 0. The van der Waals surface area contributed by atoms with Crippen LogP contribution in [0.2, 0.25) is 0 Å². The molecule has 0 spiro atoms. The van der Waals surface area contributed by atoms with Gasteiger partial charge in [0, 0.05) is 0 Å². The van der Waals surface area contributed by atoms with E-state index < -0.39 is 0 Å². The van der Waals surface area contributed by atoms with Crippen molar-refractivity contribution < 1.29 is 0 Å². The van der Waals surface area contributed by atoms with Crippen LogP contribution in [-0.4, -0.2) is 0 Å². The summed E-state index contributed by atoms with van der Waals surface area (Å²) in [5.41, 5.74) is 0. The van der Waals surface area contributed by atoms with Crippen molar-refractivity contribution in [2.45, 2.75) is 113 Å². The highest BCUT2D eigenvalue weighted by molar-refractivity contribution is 4.63. The van der Waals surface area contributed by atoms with Gasteiger partial charge in [0.2, 0.25) is 0 Å². The van der Waals surface area contributed by atoms with Crippen LogP contribution in [0.1, 0.15) is 113 Å². The summed E-state index contributed by atoms with van der Waals surface area (Å²) in [5.74, 6) is 1.09. The van der Waals surface area contributed by atoms with Crippen LogP contribution in [0.15, 0.2) is 0 Å². The van der Waals surface area contributed by atoms with Crippen LogP contribution in [0.25, 0.3) is 0 Å². The fourth-order valence-electron chi connectivity index (χ4n) is 2.10. The highest BCUT2D eigenvalue weighted by atomic mass is 14.2. The minimum absolute atomic E-state index is 1.09. The number of unbranched alkanes of at least 4 members (excludes halogenated alkanes) is 3. The van der Waals surface area contributed by atoms with E-state index in [4.69, 9.17) is 0 Å². The third-order valence-electron chi connectivity index (χ3n) is 3.26. The first-order valence-electron chi connectivity index (χ1n) is 8.85. The average molecular weight is 259 g/mol. The molecule has 0 heteroatoms. The molecule has 0 bridgehead atoms. The molecule has 0 unspecified atom stereocenters. The fourth-order valence-corrected chi connectivity index (χ4v) is 2.10. The van der Waals surface area contributed by atoms with Crippen molar-refractivity contribution in [1.29, 1.82) is 0 Å². The Bertz CT molecular complexity index is 86.2. The van der Waals surface area contributed by atoms with E-state index in [1.807, 2.05) is 27.7 Å². The van der Waals surface area contributed by atoms with Gasteiger partial charge in [-0.25, -0.2) is 0 Å². The molecule has 0 radical (unpaired) electrons. The first-order valence-corrected chi connectivity index (χ1v) is 8.85. The van der Waals surface area contributed by atoms with Gasteiger partial charge in [-0.05, 0) is 5.92 Å². The molecule has 0 aromatic heterocycles. The van der Waals surface area contributed by atoms with Gasteiger partial charge in [0.25, 0.3) is 0 Å². The van der Waals surface area contributed by atoms with Crippen molar-refractivity contribution in [1.82, 2.24) is 0 Å². The van der Waals surface area contributed by atoms with Crippen LogP contribution in [0.5, 0.6) is 0 Å². The van der Waals surface area contributed by atoms with Crippen LogP contribution in [-0.2, 0) is 0 Å². The molecule has 0 atom stereocenters. The van der Waals surface area contributed by atoms with Gasteiger partial charge in [0.1, 0.15) is 0 Å². The lowest BCUT2D eigenvalue weighted by molar-refractivity contribution is 0.349. The zero-order valence-electron chi connectivity index (χ0n) is 14.6. The first-order chi connectivity index (χ1) is 8.85. The summed E-state index contributed by atoms with van der Waals surface area (Å²) >= 11 is 0. The van der Waals surface area contributed by atoms with E-state index in [0.29, 0.717) is 0 Å². The summed E-state index contributed by atoms with van der Waals surface area (Å²) in [4.78, 5) is 0. The molecule has 0 heterocycles. The van der Waals surface area contributed by atoms with Crippen LogP contribution in [0.3, 0.4) is 0 Å². The summed E-state index contributed by atoms with van der Waals surface area (Å²) < 4.78 is 0. The van der Waals surface area contributed by atoms with Crippen molar-refractivity contribution in [3.8, 4) is 0 Å². The predicted octanol–water partition coefficient (Wildman–Crippen LogP) is 7.62. The van der Waals surface area contributed by atoms with Crippen LogP contribution in [0, 0.1) is 5.92 Å². The summed E-state index contributed by atoms with van der Waals surface area (Å²) in [5, 5.41) is 0. The Labute approximate surface area is 119 Å². The molecule has 1 aliphatic rings. The van der Waals surface area contributed by atoms with E-state index in [1.165, 1.54) is 64.2 Å². The quantitative estimate of drug-likeness (QED) is 0.455. The highest BCUT2D eigenvalue weighted by Crippen LogP contribution is 2.25. The summed E-state index contributed by atoms with van der Waals surface area (Å²) in [7, 11) is 0. The van der Waals surface area contributed by atoms with Crippen molar-refractivity contribution in [3.63, 3.8) is 0 Å². The third-order valence-corrected chi connectivity index (χ3v) is 3.26. The zero-order valence-corrected chi connectivity index (χ0v) is 14.6. The van der Waals surface area contributed by atoms with Gasteiger partial charge in [0.15, 0.2) is 0 Å². The number of rotatable bonds is 4. The topological polar surface area (TPSA) is 0 Å². The van der Waals surface area contributed by atoms with Gasteiger partial charge >= 0.3 is 0 Å². The lowest BCUT2D eigenvalue weighted by Crippen LogP contribution is -2.03. The van der Waals surface area contributed by atoms with Crippen molar-refractivity contribution in [3.05, 3.63) is 0 Å². The lowest BCUT2D eigenvalue weighted by Gasteiger charge is -2.18. The third kappa shape index (κ3) is 21.3. The Hall–Kier alpha value is 0. The summed E-state index contributed by atoms with van der Waals surface area (Å²) in [6.45, 7) is 14.8. The van der Waals surface area contributed by atoms with Gasteiger partial charge in [-0.2, -0.15) is 0 Å². The molecule has 0 aliphatic heterocycles. The van der Waals surface area contributed by atoms with Crippen LogP contribution < -0.4 is 0 Å². The molecule has 114 valence electrons. The summed E-state index contributed by atoms with van der Waals surface area (Å²) in [6.07, 6.45) is 14.5. The normalized spacial score (nSPS) is 14.2. The molecule has 0 nitrogen and oxygen atoms in total. The van der Waals surface area contributed by atoms with Gasteiger partial charge < -0.3 is 0 Å². The van der Waals surface area contributed by atoms with E-state index in [2.05, 4.69) is 20.8 Å². The van der Waals surface area contributed by atoms with Crippen LogP contribution >= 0.6 is 0 Å². The van der Waals surface area contributed by atoms with E-state index >= 15 is 0 Å². The predicted molar refractivity (Wildman–Crippen MR) is 89.4 cm³/mol. The van der Waals surface area contributed by atoms with E-state index in [0.717, 1.165) is 5.92 Å². The van der Waals surface area contributed by atoms with Gasteiger partial charge in [-0.1, -0.05) is 113 Å². The molecule has 0 amide bonds. The molecule has 1 aliphatic carbocycles. The maximum absolute atomic E-state index is 2.32. The largest absolute Gasteiger partial charge is 0.0683 e. The second-order valence-corrected chi connectivity index (χ2v) is 4.62. The Balaban J connectivity index is -0.000000201. The minimum Gasteiger partial charge on any atom is -0.0683 e. The van der Waals surface area contributed by atoms with Crippen molar-refractivity contribution >= 4 is 0 Å². The Morgan fingerprint density at radius 2 is 1.06 bits per heavy atom. The van der Waals surface area contributed by atoms with E-state index in [1.54, 1.807) is 0 Å². The number of hydrogen-bond acceptors (Lipinski definition) is 0. The SMILES string of the molecule is CC.CC.CCC1CCCCC1.CCCCCC. The second kappa shape index (κ2) is 25.8. The smallest absolute Gasteiger partial charge is 0.0417 e. The molecular weight excluding hydrogens is 216 g/mol. The molecule has 18 heavy (non-hydrogen) atoms. The standard InChI is InChI=1S/C8H16.C6H14.2C2H6/c1-2-8-6-4-3-5-7-8;1-3-5-6-4-2;2*1-2/h8H,2-7H2,1H3;3-6H2,1-2H3;2*1-2H3. The maximum atomic E-state index is 2.32. The molecule has 1 fully saturated rings. The monoisotopic (exact) mass is 258 g/mol. The highest BCUT2D eigenvalue weighted by Gasteiger charge is 2.09. The van der Waals surface area contributed by atoms with Gasteiger partial charge in [0.05, 0.1) is 0 Å². The minimum atomic E-state index is 1.09. The lowest BCUT2D eigenvalue weighted by atomic mass is 9.88. The molecule has 1 rings (SSSR count). The zero-order chi connectivity index (χ0) is 14.6. The Kier molecular flexibility index (Phi) is 33.1. The average Bonchev–Trinajstić information content (AvgIpc) is 2.50. The molecule has 0 N–H and O–H groups in total. The van der Waals surface area contributed by atoms with Gasteiger partial charge in [-0.3, -0.25) is 0 Å². The fraction of sp³-hybridized carbons (Fsp3) is 1.00. The number of hydrogen-bond donors (Lipinski definition) is 0. The molecule has 0 aromatic carbocycles. The first kappa shape index (κ1) is 23.1.